The molecule has 1 aromatic heterocycles. The Morgan fingerprint density at radius 3 is 2.67 bits per heavy atom. The van der Waals surface area contributed by atoms with Crippen LogP contribution in [0.2, 0.25) is 0 Å². The summed E-state index contributed by atoms with van der Waals surface area (Å²) in [7, 11) is 0. The van der Waals surface area contributed by atoms with E-state index in [-0.39, 0.29) is 0 Å². The molecule has 2 fully saturated rings. The lowest BCUT2D eigenvalue weighted by atomic mass is 9.69. The molecule has 0 aliphatic heterocycles. The van der Waals surface area contributed by atoms with Crippen LogP contribution in [0.25, 0.3) is 0 Å². The second kappa shape index (κ2) is 3.86. The maximum absolute atomic E-state index is 5.53. The summed E-state index contributed by atoms with van der Waals surface area (Å²) in [6.07, 6.45) is 5.92. The van der Waals surface area contributed by atoms with Gasteiger partial charge in [0.25, 0.3) is 0 Å². The summed E-state index contributed by atoms with van der Waals surface area (Å²) in [5.41, 5.74) is 2.20. The van der Waals surface area contributed by atoms with Gasteiger partial charge in [0, 0.05) is 6.04 Å². The molecule has 0 saturated heterocycles. The number of hydrogen-bond donors (Lipinski definition) is 1. The van der Waals surface area contributed by atoms with Crippen LogP contribution in [-0.4, -0.2) is 6.04 Å². The SMILES string of the molecule is Cc1ccoc1CNC1CC2CCC1(C)C2(C)C. The van der Waals surface area contributed by atoms with Gasteiger partial charge < -0.3 is 9.73 Å². The van der Waals surface area contributed by atoms with Gasteiger partial charge in [0.2, 0.25) is 0 Å². The third-order valence-corrected chi connectivity index (χ3v) is 6.27. The summed E-state index contributed by atoms with van der Waals surface area (Å²) < 4.78 is 5.53. The lowest BCUT2D eigenvalue weighted by molar-refractivity contribution is 0.119. The van der Waals surface area contributed by atoms with Crippen LogP contribution in [0.3, 0.4) is 0 Å². The van der Waals surface area contributed by atoms with E-state index in [1.807, 2.05) is 6.07 Å². The Hall–Kier alpha value is -0.760. The molecule has 2 aliphatic carbocycles. The quantitative estimate of drug-likeness (QED) is 0.876. The Balaban J connectivity index is 1.71. The molecule has 0 spiro atoms. The third kappa shape index (κ3) is 1.51. The Bertz CT molecular complexity index is 448. The first-order chi connectivity index (χ1) is 8.45. The van der Waals surface area contributed by atoms with Crippen LogP contribution in [-0.2, 0) is 6.54 Å². The summed E-state index contributed by atoms with van der Waals surface area (Å²) in [4.78, 5) is 0. The standard InChI is InChI=1S/C16H25NO/c1-11-6-8-18-13(11)10-17-14-9-12-5-7-16(14,4)15(12,2)3/h6,8,12,14,17H,5,7,9-10H2,1-4H3. The number of rotatable bonds is 3. The van der Waals surface area contributed by atoms with E-state index >= 15 is 0 Å². The predicted molar refractivity (Wildman–Crippen MR) is 73.3 cm³/mol. The van der Waals surface area contributed by atoms with E-state index in [2.05, 4.69) is 33.0 Å². The van der Waals surface area contributed by atoms with E-state index in [4.69, 9.17) is 4.42 Å². The Kier molecular flexibility index (Phi) is 2.64. The minimum absolute atomic E-state index is 0.457. The van der Waals surface area contributed by atoms with E-state index in [0.29, 0.717) is 16.9 Å². The second-order valence-corrected chi connectivity index (χ2v) is 7.07. The highest BCUT2D eigenvalue weighted by molar-refractivity contribution is 5.16. The molecule has 2 bridgehead atoms. The molecule has 1 heterocycles. The molecule has 2 saturated carbocycles. The predicted octanol–water partition coefficient (Wildman–Crippen LogP) is 3.89. The van der Waals surface area contributed by atoms with Crippen molar-refractivity contribution < 1.29 is 4.42 Å². The molecule has 0 radical (unpaired) electrons. The van der Waals surface area contributed by atoms with Crippen LogP contribution in [0.1, 0.15) is 51.4 Å². The average Bonchev–Trinajstić information content (AvgIpc) is 2.87. The number of fused-ring (bicyclic) bond motifs is 2. The molecule has 2 heteroatoms. The van der Waals surface area contributed by atoms with Crippen molar-refractivity contribution in [3.63, 3.8) is 0 Å². The molecule has 1 N–H and O–H groups in total. The van der Waals surface area contributed by atoms with Gasteiger partial charge >= 0.3 is 0 Å². The average molecular weight is 247 g/mol. The molecule has 2 nitrogen and oxygen atoms in total. The molecule has 100 valence electrons. The van der Waals surface area contributed by atoms with E-state index < -0.39 is 0 Å². The van der Waals surface area contributed by atoms with Crippen LogP contribution in [0, 0.1) is 23.7 Å². The maximum atomic E-state index is 5.53. The van der Waals surface area contributed by atoms with Gasteiger partial charge in [0.15, 0.2) is 0 Å². The Morgan fingerprint density at radius 2 is 2.17 bits per heavy atom. The lowest BCUT2D eigenvalue weighted by Crippen LogP contribution is -2.44. The first kappa shape index (κ1) is 12.3. The zero-order valence-corrected chi connectivity index (χ0v) is 12.0. The van der Waals surface area contributed by atoms with E-state index in [0.717, 1.165) is 18.2 Å². The van der Waals surface area contributed by atoms with Gasteiger partial charge in [-0.1, -0.05) is 20.8 Å². The molecule has 3 rings (SSSR count). The van der Waals surface area contributed by atoms with Crippen LogP contribution < -0.4 is 5.32 Å². The molecule has 0 aromatic carbocycles. The van der Waals surface area contributed by atoms with Crippen molar-refractivity contribution in [1.29, 1.82) is 0 Å². The topological polar surface area (TPSA) is 25.2 Å². The molecule has 3 unspecified atom stereocenters. The van der Waals surface area contributed by atoms with Crippen LogP contribution in [0.15, 0.2) is 16.7 Å². The molecular weight excluding hydrogens is 222 g/mol. The van der Waals surface area contributed by atoms with Crippen molar-refractivity contribution in [2.45, 2.75) is 59.5 Å². The zero-order valence-electron chi connectivity index (χ0n) is 12.0. The van der Waals surface area contributed by atoms with Gasteiger partial charge in [-0.3, -0.25) is 0 Å². The largest absolute Gasteiger partial charge is 0.468 e. The number of hydrogen-bond acceptors (Lipinski definition) is 2. The summed E-state index contributed by atoms with van der Waals surface area (Å²) in [6.45, 7) is 10.4. The molecule has 1 aromatic rings. The minimum Gasteiger partial charge on any atom is -0.468 e. The normalized spacial score (nSPS) is 37.3. The Morgan fingerprint density at radius 1 is 1.39 bits per heavy atom. The van der Waals surface area contributed by atoms with E-state index in [1.165, 1.54) is 24.8 Å². The molecular formula is C16H25NO. The van der Waals surface area contributed by atoms with Crippen molar-refractivity contribution in [2.75, 3.05) is 0 Å². The zero-order chi connectivity index (χ0) is 13.0. The number of furan rings is 1. The fraction of sp³-hybridized carbons (Fsp3) is 0.750. The van der Waals surface area contributed by atoms with Gasteiger partial charge in [-0.25, -0.2) is 0 Å². The van der Waals surface area contributed by atoms with Gasteiger partial charge in [0.05, 0.1) is 12.8 Å². The van der Waals surface area contributed by atoms with Crippen molar-refractivity contribution in [3.05, 3.63) is 23.7 Å². The van der Waals surface area contributed by atoms with Gasteiger partial charge in [-0.15, -0.1) is 0 Å². The molecule has 3 atom stereocenters. The minimum atomic E-state index is 0.457. The summed E-state index contributed by atoms with van der Waals surface area (Å²) in [6, 6.07) is 2.69. The highest BCUT2D eigenvalue weighted by Crippen LogP contribution is 2.65. The summed E-state index contributed by atoms with van der Waals surface area (Å²) >= 11 is 0. The van der Waals surface area contributed by atoms with Crippen molar-refractivity contribution in [3.8, 4) is 0 Å². The molecule has 2 aliphatic rings. The summed E-state index contributed by atoms with van der Waals surface area (Å²) in [5.74, 6) is 2.00. The Labute approximate surface area is 110 Å². The lowest BCUT2D eigenvalue weighted by Gasteiger charge is -2.39. The van der Waals surface area contributed by atoms with Crippen molar-refractivity contribution >= 4 is 0 Å². The van der Waals surface area contributed by atoms with Gasteiger partial charge in [0.1, 0.15) is 5.76 Å². The highest BCUT2D eigenvalue weighted by Gasteiger charge is 2.60. The number of nitrogens with one attached hydrogen (secondary N) is 1. The maximum Gasteiger partial charge on any atom is 0.120 e. The highest BCUT2D eigenvalue weighted by atomic mass is 16.3. The van der Waals surface area contributed by atoms with E-state index in [1.54, 1.807) is 6.26 Å². The smallest absolute Gasteiger partial charge is 0.120 e. The second-order valence-electron chi connectivity index (χ2n) is 7.07. The van der Waals surface area contributed by atoms with Crippen molar-refractivity contribution in [2.24, 2.45) is 16.7 Å². The first-order valence-electron chi connectivity index (χ1n) is 7.21. The van der Waals surface area contributed by atoms with Crippen LogP contribution in [0.5, 0.6) is 0 Å². The van der Waals surface area contributed by atoms with Crippen LogP contribution in [0.4, 0.5) is 0 Å². The molecule has 0 amide bonds. The van der Waals surface area contributed by atoms with Gasteiger partial charge in [-0.05, 0) is 54.6 Å². The summed E-state index contributed by atoms with van der Waals surface area (Å²) in [5, 5.41) is 3.76. The van der Waals surface area contributed by atoms with Gasteiger partial charge in [-0.2, -0.15) is 0 Å². The fourth-order valence-electron chi connectivity index (χ4n) is 4.31. The fourth-order valence-corrected chi connectivity index (χ4v) is 4.31. The first-order valence-corrected chi connectivity index (χ1v) is 7.21. The third-order valence-electron chi connectivity index (χ3n) is 6.27. The number of aryl methyl sites for hydroxylation is 1. The molecule has 18 heavy (non-hydrogen) atoms. The van der Waals surface area contributed by atoms with Crippen LogP contribution >= 0.6 is 0 Å². The van der Waals surface area contributed by atoms with E-state index in [9.17, 15) is 0 Å². The van der Waals surface area contributed by atoms with Crippen molar-refractivity contribution in [1.82, 2.24) is 5.32 Å². The monoisotopic (exact) mass is 247 g/mol.